The van der Waals surface area contributed by atoms with Gasteiger partial charge < -0.3 is 4.74 Å². The second-order valence-electron chi connectivity index (χ2n) is 4.42. The number of halogens is 1. The molecular formula is C13H7FN2O5. The smallest absolute Gasteiger partial charge is 0.341 e. The van der Waals surface area contributed by atoms with E-state index in [1.807, 2.05) is 0 Å². The van der Waals surface area contributed by atoms with Gasteiger partial charge in [-0.15, -0.1) is 0 Å². The highest BCUT2D eigenvalue weighted by Crippen LogP contribution is 2.37. The lowest BCUT2D eigenvalue weighted by atomic mass is 9.94. The van der Waals surface area contributed by atoms with Crippen molar-refractivity contribution in [3.63, 3.8) is 0 Å². The fourth-order valence-electron chi connectivity index (χ4n) is 2.27. The molecule has 0 bridgehead atoms. The number of allylic oxidation sites excluding steroid dienone is 1. The summed E-state index contributed by atoms with van der Waals surface area (Å²) in [6, 6.07) is 0. The molecule has 2 aliphatic rings. The monoisotopic (exact) mass is 290 g/mol. The minimum atomic E-state index is -1.23. The van der Waals surface area contributed by atoms with Crippen LogP contribution < -0.4 is 11.2 Å². The van der Waals surface area contributed by atoms with E-state index in [4.69, 9.17) is 4.74 Å². The molecule has 7 nitrogen and oxygen atoms in total. The molecule has 1 atom stereocenters. The highest BCUT2D eigenvalue weighted by molar-refractivity contribution is 6.00. The predicted molar refractivity (Wildman–Crippen MR) is 66.4 cm³/mol. The van der Waals surface area contributed by atoms with E-state index in [9.17, 15) is 23.6 Å². The summed E-state index contributed by atoms with van der Waals surface area (Å²) in [6.07, 6.45) is 2.76. The molecule has 0 saturated carbocycles. The van der Waals surface area contributed by atoms with Crippen molar-refractivity contribution in [2.24, 2.45) is 0 Å². The number of carbonyl (C=O) groups is 1. The molecule has 3 rings (SSSR count). The molecule has 0 fully saturated rings. The van der Waals surface area contributed by atoms with E-state index in [1.54, 1.807) is 17.0 Å². The molecule has 1 N–H and O–H groups in total. The van der Waals surface area contributed by atoms with Gasteiger partial charge in [-0.1, -0.05) is 12.2 Å². The lowest BCUT2D eigenvalue weighted by Crippen LogP contribution is -2.34. The fraction of sp³-hybridized carbons (Fsp3) is 0.154. The van der Waals surface area contributed by atoms with Gasteiger partial charge in [-0.05, 0) is 0 Å². The molecule has 0 saturated heterocycles. The number of rotatable bonds is 1. The summed E-state index contributed by atoms with van der Waals surface area (Å²) in [5.74, 6) is -0.334. The minimum absolute atomic E-state index is 0.0241. The van der Waals surface area contributed by atoms with E-state index in [2.05, 4.69) is 0 Å². The molecular weight excluding hydrogens is 283 g/mol. The number of hydrogen-bond acceptors (Lipinski definition) is 5. The number of aromatic nitrogens is 2. The van der Waals surface area contributed by atoms with Crippen LogP contribution in [-0.2, 0) is 14.3 Å². The van der Waals surface area contributed by atoms with Crippen LogP contribution in [0.3, 0.4) is 0 Å². The molecule has 1 aliphatic heterocycles. The van der Waals surface area contributed by atoms with Gasteiger partial charge in [-0.3, -0.25) is 14.3 Å². The second kappa shape index (κ2) is 4.53. The number of H-pyrrole nitrogens is 1. The Morgan fingerprint density at radius 3 is 2.86 bits per heavy atom. The number of esters is 1. The third kappa shape index (κ3) is 1.89. The summed E-state index contributed by atoms with van der Waals surface area (Å²) in [7, 11) is 0. The quantitative estimate of drug-likeness (QED) is 0.568. The number of ether oxygens (including phenoxy) is 1. The summed E-state index contributed by atoms with van der Waals surface area (Å²) < 4.78 is 19.1. The lowest BCUT2D eigenvalue weighted by Gasteiger charge is -2.15. The summed E-state index contributed by atoms with van der Waals surface area (Å²) in [6.45, 7) is 0. The second-order valence-corrected chi connectivity index (χ2v) is 4.42. The maximum Gasteiger partial charge on any atom is 0.341 e. The van der Waals surface area contributed by atoms with Crippen molar-refractivity contribution in [3.8, 4) is 0 Å². The number of carbonyl (C=O) groups excluding carboxylic acids is 2. The van der Waals surface area contributed by atoms with Crippen molar-refractivity contribution in [2.75, 3.05) is 0 Å². The molecule has 1 aromatic heterocycles. The number of nitrogens with zero attached hydrogens (tertiary/aromatic N) is 1. The maximum absolute atomic E-state index is 13.3. The first-order valence-corrected chi connectivity index (χ1v) is 5.90. The van der Waals surface area contributed by atoms with Gasteiger partial charge in [0, 0.05) is 12.0 Å². The van der Waals surface area contributed by atoms with Crippen molar-refractivity contribution in [1.29, 1.82) is 0 Å². The molecule has 0 radical (unpaired) electrons. The van der Waals surface area contributed by atoms with Crippen LogP contribution in [0.15, 0.2) is 44.7 Å². The first-order valence-electron chi connectivity index (χ1n) is 5.90. The third-order valence-electron chi connectivity index (χ3n) is 3.20. The Balaban J connectivity index is 2.20. The van der Waals surface area contributed by atoms with Crippen LogP contribution in [0, 0.1) is 5.82 Å². The summed E-state index contributed by atoms with van der Waals surface area (Å²) >= 11 is 0. The molecule has 0 aromatic carbocycles. The predicted octanol–water partition coefficient (Wildman–Crippen LogP) is -0.254. The Bertz CT molecular complexity index is 883. The first kappa shape index (κ1) is 13.0. The topological polar surface area (TPSA) is 98.2 Å². The van der Waals surface area contributed by atoms with Crippen LogP contribution in [-0.4, -0.2) is 21.5 Å². The molecule has 0 amide bonds. The Morgan fingerprint density at radius 1 is 1.38 bits per heavy atom. The number of hydrogen-bond donors (Lipinski definition) is 1. The summed E-state index contributed by atoms with van der Waals surface area (Å²) in [5, 5.41) is 0. The minimum Gasteiger partial charge on any atom is -0.433 e. The average Bonchev–Trinajstić information content (AvgIpc) is 2.80. The van der Waals surface area contributed by atoms with Gasteiger partial charge in [0.25, 0.3) is 5.56 Å². The highest BCUT2D eigenvalue weighted by Gasteiger charge is 2.38. The third-order valence-corrected chi connectivity index (χ3v) is 3.20. The molecule has 8 heteroatoms. The van der Waals surface area contributed by atoms with Gasteiger partial charge in [0.05, 0.1) is 17.3 Å². The van der Waals surface area contributed by atoms with Gasteiger partial charge in [0.15, 0.2) is 0 Å². The largest absolute Gasteiger partial charge is 0.433 e. The van der Waals surface area contributed by atoms with E-state index in [0.29, 0.717) is 6.20 Å². The van der Waals surface area contributed by atoms with Crippen LogP contribution in [0.4, 0.5) is 4.39 Å². The fourth-order valence-corrected chi connectivity index (χ4v) is 2.27. The van der Waals surface area contributed by atoms with Crippen LogP contribution in [0.5, 0.6) is 0 Å². The van der Waals surface area contributed by atoms with Crippen LogP contribution in [0.2, 0.25) is 0 Å². The SMILES string of the molecule is O=C=C1CC=CC2=C1C(=O)OC2n1cc(F)c(=O)[nH]c1=O. The number of cyclic esters (lactones) is 1. The van der Waals surface area contributed by atoms with E-state index in [0.717, 1.165) is 4.57 Å². The molecule has 1 aromatic rings. The van der Waals surface area contributed by atoms with E-state index in [-0.39, 0.29) is 23.1 Å². The van der Waals surface area contributed by atoms with Gasteiger partial charge in [-0.2, -0.15) is 4.39 Å². The van der Waals surface area contributed by atoms with Crippen molar-refractivity contribution < 1.29 is 18.7 Å². The zero-order valence-corrected chi connectivity index (χ0v) is 10.4. The molecule has 0 spiro atoms. The van der Waals surface area contributed by atoms with Gasteiger partial charge in [0.2, 0.25) is 12.0 Å². The van der Waals surface area contributed by atoms with Gasteiger partial charge >= 0.3 is 11.7 Å². The van der Waals surface area contributed by atoms with Crippen LogP contribution in [0.1, 0.15) is 12.6 Å². The molecule has 2 heterocycles. The highest BCUT2D eigenvalue weighted by atomic mass is 19.1. The van der Waals surface area contributed by atoms with Gasteiger partial charge in [0.1, 0.15) is 5.94 Å². The van der Waals surface area contributed by atoms with E-state index >= 15 is 0 Å². The maximum atomic E-state index is 13.3. The molecule has 1 unspecified atom stereocenters. The molecule has 106 valence electrons. The average molecular weight is 290 g/mol. The zero-order valence-electron chi connectivity index (χ0n) is 10.4. The standard InChI is InChI=1S/C13H7FN2O5/c14-8-4-16(13(20)15-10(8)18)11-7-3-1-2-6(5-17)9(7)12(19)21-11/h1,3-4,11H,2H2,(H,15,18,20). The van der Waals surface area contributed by atoms with Crippen molar-refractivity contribution in [2.45, 2.75) is 12.6 Å². The Hall–Kier alpha value is -2.99. The Kier molecular flexibility index (Phi) is 2.81. The molecule has 1 aliphatic carbocycles. The van der Waals surface area contributed by atoms with E-state index < -0.39 is 29.3 Å². The van der Waals surface area contributed by atoms with Crippen LogP contribution >= 0.6 is 0 Å². The Labute approximate surface area is 115 Å². The first-order chi connectivity index (χ1) is 10.0. The zero-order chi connectivity index (χ0) is 15.1. The van der Waals surface area contributed by atoms with Crippen molar-refractivity contribution in [3.05, 3.63) is 61.7 Å². The number of aromatic amines is 1. The van der Waals surface area contributed by atoms with Gasteiger partial charge in [-0.25, -0.2) is 14.4 Å². The number of nitrogens with one attached hydrogen (secondary N) is 1. The van der Waals surface area contributed by atoms with E-state index in [1.165, 1.54) is 6.08 Å². The van der Waals surface area contributed by atoms with Crippen molar-refractivity contribution >= 4 is 11.9 Å². The summed E-state index contributed by atoms with van der Waals surface area (Å²) in [5.41, 5.74) is -1.71. The molecule has 21 heavy (non-hydrogen) atoms. The van der Waals surface area contributed by atoms with Crippen molar-refractivity contribution in [1.82, 2.24) is 9.55 Å². The normalized spacial score (nSPS) is 20.3. The summed E-state index contributed by atoms with van der Waals surface area (Å²) in [4.78, 5) is 47.2. The lowest BCUT2D eigenvalue weighted by molar-refractivity contribution is -0.142. The van der Waals surface area contributed by atoms with Crippen LogP contribution in [0.25, 0.3) is 0 Å². The Morgan fingerprint density at radius 2 is 2.14 bits per heavy atom.